The van der Waals surface area contributed by atoms with Gasteiger partial charge in [-0.05, 0) is 42.8 Å². The molecule has 3 rings (SSSR count). The zero-order chi connectivity index (χ0) is 19.4. The van der Waals surface area contributed by atoms with Gasteiger partial charge in [-0.25, -0.2) is 8.42 Å². The molecule has 1 aliphatic heterocycles. The van der Waals surface area contributed by atoms with Gasteiger partial charge in [0, 0.05) is 15.8 Å². The summed E-state index contributed by atoms with van der Waals surface area (Å²) in [4.78, 5) is 13.3. The van der Waals surface area contributed by atoms with Gasteiger partial charge >= 0.3 is 6.61 Å². The Morgan fingerprint density at radius 3 is 2.48 bits per heavy atom. The summed E-state index contributed by atoms with van der Waals surface area (Å²) in [5.41, 5.74) is 0.865. The van der Waals surface area contributed by atoms with Crippen LogP contribution in [0.25, 0.3) is 0 Å². The lowest BCUT2D eigenvalue weighted by Crippen LogP contribution is -2.14. The number of sulfone groups is 1. The third-order valence-corrected chi connectivity index (χ3v) is 7.28. The van der Waals surface area contributed by atoms with Gasteiger partial charge in [0.25, 0.3) is 5.91 Å². The van der Waals surface area contributed by atoms with E-state index in [1.54, 1.807) is 24.3 Å². The first-order chi connectivity index (χ1) is 12.8. The molecule has 9 heteroatoms. The van der Waals surface area contributed by atoms with Crippen molar-refractivity contribution in [1.29, 1.82) is 0 Å². The van der Waals surface area contributed by atoms with E-state index in [0.717, 1.165) is 0 Å². The van der Waals surface area contributed by atoms with Gasteiger partial charge < -0.3 is 10.1 Å². The number of thioether (sulfide) groups is 1. The smallest absolute Gasteiger partial charge is 0.387 e. The second-order valence-corrected chi connectivity index (χ2v) is 9.57. The van der Waals surface area contributed by atoms with Crippen LogP contribution < -0.4 is 10.1 Å². The zero-order valence-electron chi connectivity index (χ0n) is 14.1. The van der Waals surface area contributed by atoms with E-state index < -0.39 is 16.4 Å². The van der Waals surface area contributed by atoms with E-state index in [0.29, 0.717) is 22.6 Å². The zero-order valence-corrected chi connectivity index (χ0v) is 15.7. The summed E-state index contributed by atoms with van der Waals surface area (Å²) in [5.74, 6) is -0.0754. The van der Waals surface area contributed by atoms with Crippen molar-refractivity contribution < 1.29 is 26.7 Å². The Balaban J connectivity index is 1.70. The maximum absolute atomic E-state index is 12.6. The number of ether oxygens (including phenoxy) is 1. The number of hydrogen-bond acceptors (Lipinski definition) is 5. The largest absolute Gasteiger partial charge is 0.435 e. The molecule has 1 aliphatic rings. The average molecular weight is 413 g/mol. The maximum atomic E-state index is 12.6. The van der Waals surface area contributed by atoms with Crippen LogP contribution in [0.3, 0.4) is 0 Å². The Kier molecular flexibility index (Phi) is 6.01. The van der Waals surface area contributed by atoms with E-state index in [1.807, 2.05) is 0 Å². The Morgan fingerprint density at radius 1 is 1.15 bits per heavy atom. The minimum absolute atomic E-state index is 0.00129. The monoisotopic (exact) mass is 413 g/mol. The van der Waals surface area contributed by atoms with Crippen LogP contribution >= 0.6 is 11.8 Å². The van der Waals surface area contributed by atoms with Crippen molar-refractivity contribution in [1.82, 2.24) is 0 Å². The summed E-state index contributed by atoms with van der Waals surface area (Å²) in [6.07, 6.45) is 0.564. The van der Waals surface area contributed by atoms with E-state index in [9.17, 15) is 22.0 Å². The molecular weight excluding hydrogens is 396 g/mol. The van der Waals surface area contributed by atoms with Crippen LogP contribution in [0.5, 0.6) is 5.75 Å². The van der Waals surface area contributed by atoms with Crippen molar-refractivity contribution in [3.05, 3.63) is 54.1 Å². The predicted octanol–water partition coefficient (Wildman–Crippen LogP) is 3.82. The molecule has 1 N–H and O–H groups in total. The normalized spacial score (nSPS) is 18.4. The van der Waals surface area contributed by atoms with Gasteiger partial charge in [0.2, 0.25) is 0 Å². The lowest BCUT2D eigenvalue weighted by atomic mass is 10.2. The van der Waals surface area contributed by atoms with Crippen molar-refractivity contribution in [3.63, 3.8) is 0 Å². The van der Waals surface area contributed by atoms with E-state index >= 15 is 0 Å². The fourth-order valence-corrected chi connectivity index (χ4v) is 6.33. The lowest BCUT2D eigenvalue weighted by Gasteiger charge is -2.13. The standard InChI is InChI=1S/C18H17F2NO4S2/c19-18(20)25-13-7-5-12(6-8-13)21-17(22)15-3-1-2-4-16(15)26-14-9-10-27(23,24)11-14/h1-8,14,18H,9-11H2,(H,21,22)/t14-/m0/s1. The van der Waals surface area contributed by atoms with Crippen LogP contribution in [-0.2, 0) is 9.84 Å². The van der Waals surface area contributed by atoms with Crippen LogP contribution in [0.2, 0.25) is 0 Å². The Hall–Kier alpha value is -2.13. The molecule has 5 nitrogen and oxygen atoms in total. The second kappa shape index (κ2) is 8.26. The Morgan fingerprint density at radius 2 is 1.85 bits per heavy atom. The molecule has 1 atom stereocenters. The minimum atomic E-state index is -3.00. The summed E-state index contributed by atoms with van der Waals surface area (Å²) in [5, 5.41) is 2.63. The lowest BCUT2D eigenvalue weighted by molar-refractivity contribution is -0.0498. The SMILES string of the molecule is O=C(Nc1ccc(OC(F)F)cc1)c1ccccc1S[C@H]1CCS(=O)(=O)C1. The molecule has 1 amide bonds. The van der Waals surface area contributed by atoms with E-state index in [1.165, 1.54) is 36.0 Å². The number of carbonyl (C=O) groups is 1. The molecule has 0 spiro atoms. The van der Waals surface area contributed by atoms with Crippen LogP contribution in [0.4, 0.5) is 14.5 Å². The summed E-state index contributed by atoms with van der Waals surface area (Å²) in [6, 6.07) is 12.6. The van der Waals surface area contributed by atoms with E-state index in [2.05, 4.69) is 10.1 Å². The van der Waals surface area contributed by atoms with Crippen molar-refractivity contribution >= 4 is 33.2 Å². The van der Waals surface area contributed by atoms with Gasteiger partial charge in [0.1, 0.15) is 5.75 Å². The first kappa shape index (κ1) is 19.6. The molecule has 144 valence electrons. The fraction of sp³-hybridized carbons (Fsp3) is 0.278. The number of benzene rings is 2. The maximum Gasteiger partial charge on any atom is 0.387 e. The van der Waals surface area contributed by atoms with Crippen LogP contribution in [0.1, 0.15) is 16.8 Å². The molecule has 27 heavy (non-hydrogen) atoms. The molecule has 0 aliphatic carbocycles. The molecule has 2 aromatic rings. The number of nitrogens with one attached hydrogen (secondary N) is 1. The first-order valence-corrected chi connectivity index (χ1v) is 10.8. The van der Waals surface area contributed by atoms with Gasteiger partial charge in [-0.3, -0.25) is 4.79 Å². The van der Waals surface area contributed by atoms with Crippen LogP contribution in [-0.4, -0.2) is 37.7 Å². The molecule has 1 saturated heterocycles. The number of carbonyl (C=O) groups excluding carboxylic acids is 1. The summed E-state index contributed by atoms with van der Waals surface area (Å²) in [7, 11) is -3.00. The second-order valence-electron chi connectivity index (χ2n) is 6.00. The van der Waals surface area contributed by atoms with Crippen LogP contribution in [0.15, 0.2) is 53.4 Å². The Labute approximate surface area is 160 Å². The summed E-state index contributed by atoms with van der Waals surface area (Å²) >= 11 is 1.38. The van der Waals surface area contributed by atoms with Crippen molar-refractivity contribution in [3.8, 4) is 5.75 Å². The van der Waals surface area contributed by atoms with Gasteiger partial charge in [0.15, 0.2) is 9.84 Å². The average Bonchev–Trinajstić information content (AvgIpc) is 2.95. The third kappa shape index (κ3) is 5.43. The number of hydrogen-bond donors (Lipinski definition) is 1. The number of anilines is 1. The fourth-order valence-electron chi connectivity index (χ4n) is 2.71. The molecule has 2 aromatic carbocycles. The van der Waals surface area contributed by atoms with Gasteiger partial charge in [-0.2, -0.15) is 8.78 Å². The quantitative estimate of drug-likeness (QED) is 0.780. The molecule has 1 fully saturated rings. The van der Waals surface area contributed by atoms with Crippen LogP contribution in [0, 0.1) is 0 Å². The highest BCUT2D eigenvalue weighted by Gasteiger charge is 2.29. The molecule has 1 heterocycles. The van der Waals surface area contributed by atoms with Gasteiger partial charge in [-0.1, -0.05) is 12.1 Å². The number of halogens is 2. The third-order valence-electron chi connectivity index (χ3n) is 3.95. The topological polar surface area (TPSA) is 72.5 Å². The Bertz CT molecular complexity index is 917. The highest BCUT2D eigenvalue weighted by Crippen LogP contribution is 2.33. The number of rotatable bonds is 6. The number of alkyl halides is 2. The molecule has 0 aromatic heterocycles. The van der Waals surface area contributed by atoms with Crippen molar-refractivity contribution in [2.45, 2.75) is 23.2 Å². The highest BCUT2D eigenvalue weighted by atomic mass is 32.2. The molecular formula is C18H17F2NO4S2. The number of amides is 1. The summed E-state index contributed by atoms with van der Waals surface area (Å²) < 4.78 is 51.9. The first-order valence-electron chi connectivity index (χ1n) is 8.15. The highest BCUT2D eigenvalue weighted by molar-refractivity contribution is 8.02. The van der Waals surface area contributed by atoms with Crippen molar-refractivity contribution in [2.24, 2.45) is 0 Å². The van der Waals surface area contributed by atoms with Gasteiger partial charge in [-0.15, -0.1) is 11.8 Å². The van der Waals surface area contributed by atoms with Crippen molar-refractivity contribution in [2.75, 3.05) is 16.8 Å². The predicted molar refractivity (Wildman–Crippen MR) is 100 cm³/mol. The molecule has 0 radical (unpaired) electrons. The molecule has 0 bridgehead atoms. The minimum Gasteiger partial charge on any atom is -0.435 e. The molecule has 0 saturated carbocycles. The van der Waals surface area contributed by atoms with Gasteiger partial charge in [0.05, 0.1) is 17.1 Å². The van der Waals surface area contributed by atoms with E-state index in [4.69, 9.17) is 0 Å². The molecule has 0 unspecified atom stereocenters. The van der Waals surface area contributed by atoms with E-state index in [-0.39, 0.29) is 28.4 Å². The summed E-state index contributed by atoms with van der Waals surface area (Å²) in [6.45, 7) is -2.91.